The first-order chi connectivity index (χ1) is 12.7. The molecule has 0 saturated carbocycles. The number of nitrogens with zero attached hydrogens (tertiary/aromatic N) is 4. The van der Waals surface area contributed by atoms with Gasteiger partial charge in [-0.25, -0.2) is 13.1 Å². The zero-order chi connectivity index (χ0) is 19.8. The summed E-state index contributed by atoms with van der Waals surface area (Å²) < 4.78 is 34.8. The Bertz CT molecular complexity index is 946. The lowest BCUT2D eigenvalue weighted by molar-refractivity contribution is -0.122. The molecular weight excluding hydrogens is 372 g/mol. The Morgan fingerprint density at radius 1 is 1.37 bits per heavy atom. The molecule has 1 fully saturated rings. The number of carbonyl (C=O) groups is 1. The van der Waals surface area contributed by atoms with Gasteiger partial charge in [0, 0.05) is 24.9 Å². The number of hydrogen-bond donors (Lipinski definition) is 2. The van der Waals surface area contributed by atoms with Crippen molar-refractivity contribution in [3.8, 4) is 0 Å². The number of sulfonamides is 1. The summed E-state index contributed by atoms with van der Waals surface area (Å²) in [5.41, 5.74) is 1.02. The first-order valence-corrected chi connectivity index (χ1v) is 10.3. The molecule has 2 aromatic heterocycles. The predicted molar refractivity (Wildman–Crippen MR) is 95.4 cm³/mol. The predicted octanol–water partition coefficient (Wildman–Crippen LogP) is 0.936. The minimum atomic E-state index is -3.78. The van der Waals surface area contributed by atoms with Gasteiger partial charge in [0.1, 0.15) is 4.90 Å². The van der Waals surface area contributed by atoms with Crippen molar-refractivity contribution in [1.82, 2.24) is 30.0 Å². The van der Waals surface area contributed by atoms with Crippen LogP contribution in [-0.4, -0.2) is 40.8 Å². The van der Waals surface area contributed by atoms with Crippen LogP contribution in [0.3, 0.4) is 0 Å². The van der Waals surface area contributed by atoms with Gasteiger partial charge in [0.2, 0.25) is 21.8 Å². The Hall–Kier alpha value is -2.27. The standard InChI is InChI=1S/C16H24N6O4S/c1-9(2)22-11(4)15(10(3)20-22)27(24,25)18-8-14-19-16(21-26-14)12-5-6-17-13(23)7-12/h9,12,18H,5-8H2,1-4H3,(H,17,23). The second kappa shape index (κ2) is 7.39. The average Bonchev–Trinajstić information content (AvgIpc) is 3.18. The van der Waals surface area contributed by atoms with E-state index in [1.807, 2.05) is 13.8 Å². The van der Waals surface area contributed by atoms with Crippen molar-refractivity contribution in [2.75, 3.05) is 6.54 Å². The van der Waals surface area contributed by atoms with Gasteiger partial charge in [0.25, 0.3) is 0 Å². The van der Waals surface area contributed by atoms with Crippen LogP contribution in [0, 0.1) is 13.8 Å². The molecular formula is C16H24N6O4S. The van der Waals surface area contributed by atoms with Crippen LogP contribution in [0.15, 0.2) is 9.42 Å². The minimum Gasteiger partial charge on any atom is -0.356 e. The molecule has 1 unspecified atom stereocenters. The van der Waals surface area contributed by atoms with Crippen molar-refractivity contribution < 1.29 is 17.7 Å². The molecule has 0 radical (unpaired) electrons. The summed E-state index contributed by atoms with van der Waals surface area (Å²) in [6.07, 6.45) is 1.03. The Morgan fingerprint density at radius 3 is 2.74 bits per heavy atom. The molecule has 0 aliphatic carbocycles. The molecule has 1 saturated heterocycles. The van der Waals surface area contributed by atoms with Gasteiger partial charge in [0.05, 0.1) is 17.9 Å². The van der Waals surface area contributed by atoms with Crippen molar-refractivity contribution in [3.05, 3.63) is 23.1 Å². The number of piperidine rings is 1. The van der Waals surface area contributed by atoms with Crippen LogP contribution < -0.4 is 10.0 Å². The normalized spacial score (nSPS) is 18.1. The topological polar surface area (TPSA) is 132 Å². The maximum absolute atomic E-state index is 12.7. The fourth-order valence-corrected chi connectivity index (χ4v) is 4.65. The Morgan fingerprint density at radius 2 is 2.11 bits per heavy atom. The summed E-state index contributed by atoms with van der Waals surface area (Å²) in [7, 11) is -3.78. The van der Waals surface area contributed by atoms with Crippen molar-refractivity contribution in [3.63, 3.8) is 0 Å². The van der Waals surface area contributed by atoms with Crippen LogP contribution in [-0.2, 0) is 21.4 Å². The van der Waals surface area contributed by atoms with E-state index in [2.05, 4.69) is 25.3 Å². The van der Waals surface area contributed by atoms with Gasteiger partial charge in [-0.05, 0) is 34.1 Å². The largest absolute Gasteiger partial charge is 0.356 e. The Balaban J connectivity index is 1.72. The molecule has 3 heterocycles. The third-order valence-corrected chi connectivity index (χ3v) is 6.18. The number of amides is 1. The van der Waals surface area contributed by atoms with E-state index in [0.29, 0.717) is 30.2 Å². The van der Waals surface area contributed by atoms with Gasteiger partial charge in [0.15, 0.2) is 5.82 Å². The average molecular weight is 396 g/mol. The number of aryl methyl sites for hydroxylation is 1. The van der Waals surface area contributed by atoms with E-state index in [4.69, 9.17) is 4.52 Å². The zero-order valence-electron chi connectivity index (χ0n) is 15.8. The summed E-state index contributed by atoms with van der Waals surface area (Å²) in [6.45, 7) is 7.72. The number of hydrogen-bond acceptors (Lipinski definition) is 7. The Kier molecular flexibility index (Phi) is 5.33. The van der Waals surface area contributed by atoms with Crippen LogP contribution in [0.25, 0.3) is 0 Å². The van der Waals surface area contributed by atoms with E-state index in [-0.39, 0.29) is 35.2 Å². The maximum atomic E-state index is 12.7. The molecule has 27 heavy (non-hydrogen) atoms. The fraction of sp³-hybridized carbons (Fsp3) is 0.625. The summed E-state index contributed by atoms with van der Waals surface area (Å²) in [5.74, 6) is 0.429. The molecule has 11 heteroatoms. The molecule has 1 aliphatic heterocycles. The molecule has 2 aromatic rings. The Labute approximate surface area is 157 Å². The highest BCUT2D eigenvalue weighted by molar-refractivity contribution is 7.89. The SMILES string of the molecule is Cc1nn(C(C)C)c(C)c1S(=O)(=O)NCc1nc(C2CCNC(=O)C2)no1. The molecule has 2 N–H and O–H groups in total. The molecule has 1 atom stereocenters. The number of rotatable bonds is 6. The fourth-order valence-electron chi connectivity index (χ4n) is 3.28. The lowest BCUT2D eigenvalue weighted by atomic mass is 9.97. The number of nitrogens with one attached hydrogen (secondary N) is 2. The monoisotopic (exact) mass is 396 g/mol. The second-order valence-corrected chi connectivity index (χ2v) is 8.65. The van der Waals surface area contributed by atoms with E-state index >= 15 is 0 Å². The van der Waals surface area contributed by atoms with E-state index in [1.54, 1.807) is 18.5 Å². The van der Waals surface area contributed by atoms with Gasteiger partial charge in [-0.1, -0.05) is 5.16 Å². The van der Waals surface area contributed by atoms with Crippen LogP contribution in [0.1, 0.15) is 61.8 Å². The minimum absolute atomic E-state index is 0.0496. The lowest BCUT2D eigenvalue weighted by Crippen LogP contribution is -2.32. The van der Waals surface area contributed by atoms with Crippen LogP contribution in [0.2, 0.25) is 0 Å². The summed E-state index contributed by atoms with van der Waals surface area (Å²) in [6, 6.07) is 0.0545. The highest BCUT2D eigenvalue weighted by Gasteiger charge is 2.27. The third-order valence-electron chi connectivity index (χ3n) is 4.53. The maximum Gasteiger partial charge on any atom is 0.244 e. The van der Waals surface area contributed by atoms with E-state index in [1.165, 1.54) is 0 Å². The van der Waals surface area contributed by atoms with Crippen molar-refractivity contribution >= 4 is 15.9 Å². The highest BCUT2D eigenvalue weighted by atomic mass is 32.2. The first kappa shape index (κ1) is 19.5. The molecule has 1 amide bonds. The summed E-state index contributed by atoms with van der Waals surface area (Å²) in [4.78, 5) is 15.9. The van der Waals surface area contributed by atoms with Gasteiger partial charge in [-0.3, -0.25) is 9.48 Å². The molecule has 0 bridgehead atoms. The van der Waals surface area contributed by atoms with Crippen LogP contribution in [0.4, 0.5) is 0 Å². The first-order valence-electron chi connectivity index (χ1n) is 8.83. The molecule has 148 valence electrons. The molecule has 0 spiro atoms. The van der Waals surface area contributed by atoms with Crippen LogP contribution >= 0.6 is 0 Å². The van der Waals surface area contributed by atoms with Gasteiger partial charge >= 0.3 is 0 Å². The van der Waals surface area contributed by atoms with Gasteiger partial charge in [-0.15, -0.1) is 0 Å². The second-order valence-electron chi connectivity index (χ2n) is 6.95. The smallest absolute Gasteiger partial charge is 0.244 e. The van der Waals surface area contributed by atoms with Crippen molar-refractivity contribution in [2.45, 2.75) is 63.9 Å². The molecule has 1 aliphatic rings. The highest BCUT2D eigenvalue weighted by Crippen LogP contribution is 2.24. The quantitative estimate of drug-likeness (QED) is 0.742. The van der Waals surface area contributed by atoms with E-state index in [0.717, 1.165) is 6.42 Å². The number of carbonyl (C=O) groups excluding carboxylic acids is 1. The third kappa shape index (κ3) is 4.03. The number of aromatic nitrogens is 4. The summed E-state index contributed by atoms with van der Waals surface area (Å²) in [5, 5.41) is 11.0. The lowest BCUT2D eigenvalue weighted by Gasteiger charge is -2.18. The van der Waals surface area contributed by atoms with E-state index in [9.17, 15) is 13.2 Å². The van der Waals surface area contributed by atoms with Crippen LogP contribution in [0.5, 0.6) is 0 Å². The zero-order valence-corrected chi connectivity index (χ0v) is 16.6. The van der Waals surface area contributed by atoms with Crippen molar-refractivity contribution in [1.29, 1.82) is 0 Å². The van der Waals surface area contributed by atoms with E-state index < -0.39 is 10.0 Å². The van der Waals surface area contributed by atoms with Gasteiger partial charge < -0.3 is 9.84 Å². The molecule has 0 aromatic carbocycles. The molecule has 3 rings (SSSR count). The van der Waals surface area contributed by atoms with Crippen molar-refractivity contribution in [2.24, 2.45) is 0 Å². The van der Waals surface area contributed by atoms with Gasteiger partial charge in [-0.2, -0.15) is 10.1 Å². The summed E-state index contributed by atoms with van der Waals surface area (Å²) >= 11 is 0. The molecule has 10 nitrogen and oxygen atoms in total.